The van der Waals surface area contributed by atoms with E-state index in [1.165, 1.54) is 25.9 Å². The second-order valence-corrected chi connectivity index (χ2v) is 5.73. The predicted molar refractivity (Wildman–Crippen MR) is 75.6 cm³/mol. The van der Waals surface area contributed by atoms with Crippen LogP contribution in [0.15, 0.2) is 0 Å². The number of urea groups is 1. The maximum absolute atomic E-state index is 11.9. The molecule has 2 aliphatic rings. The number of hydrogen-bond donors (Lipinski definition) is 2. The number of aliphatic carboxylic acids is 1. The Morgan fingerprint density at radius 2 is 1.75 bits per heavy atom. The van der Waals surface area contributed by atoms with Gasteiger partial charge >= 0.3 is 12.0 Å². The number of nitrogens with zero attached hydrogens (tertiary/aromatic N) is 2. The SMILES string of the molecule is O=C(O)C1CCN(C(=O)NCCCN2CCCC2)CC1. The summed E-state index contributed by atoms with van der Waals surface area (Å²) in [6, 6.07) is -0.0461. The summed E-state index contributed by atoms with van der Waals surface area (Å²) >= 11 is 0. The summed E-state index contributed by atoms with van der Waals surface area (Å²) in [5.74, 6) is -1.02. The van der Waals surface area contributed by atoms with Crippen molar-refractivity contribution in [3.63, 3.8) is 0 Å². The molecule has 0 unspecified atom stereocenters. The van der Waals surface area contributed by atoms with Gasteiger partial charge in [0.05, 0.1) is 5.92 Å². The Balaban J connectivity index is 1.57. The first-order chi connectivity index (χ1) is 9.66. The number of hydrogen-bond acceptors (Lipinski definition) is 3. The smallest absolute Gasteiger partial charge is 0.317 e. The molecule has 2 saturated heterocycles. The molecule has 0 radical (unpaired) electrons. The fourth-order valence-corrected chi connectivity index (χ4v) is 2.95. The van der Waals surface area contributed by atoms with Gasteiger partial charge in [-0.3, -0.25) is 4.79 Å². The summed E-state index contributed by atoms with van der Waals surface area (Å²) in [6.07, 6.45) is 4.71. The Labute approximate surface area is 120 Å². The molecule has 0 atom stereocenters. The lowest BCUT2D eigenvalue weighted by atomic mass is 9.97. The molecular weight excluding hydrogens is 258 g/mol. The Morgan fingerprint density at radius 1 is 1.10 bits per heavy atom. The summed E-state index contributed by atoms with van der Waals surface area (Å²) in [7, 11) is 0. The van der Waals surface area contributed by atoms with E-state index in [2.05, 4.69) is 10.2 Å². The number of carbonyl (C=O) groups is 2. The minimum absolute atomic E-state index is 0.0461. The molecular formula is C14H25N3O3. The lowest BCUT2D eigenvalue weighted by Crippen LogP contribution is -2.46. The van der Waals surface area contributed by atoms with Crippen molar-refractivity contribution in [2.24, 2.45) is 5.92 Å². The van der Waals surface area contributed by atoms with Crippen LogP contribution in [0, 0.1) is 5.92 Å². The number of rotatable bonds is 5. The second-order valence-electron chi connectivity index (χ2n) is 5.73. The molecule has 0 saturated carbocycles. The van der Waals surface area contributed by atoms with E-state index in [1.54, 1.807) is 4.90 Å². The normalized spacial score (nSPS) is 21.1. The third-order valence-corrected chi connectivity index (χ3v) is 4.26. The Bertz CT molecular complexity index is 335. The molecule has 0 aliphatic carbocycles. The third kappa shape index (κ3) is 4.37. The zero-order valence-corrected chi connectivity index (χ0v) is 12.0. The van der Waals surface area contributed by atoms with Gasteiger partial charge in [-0.05, 0) is 51.7 Å². The van der Waals surface area contributed by atoms with Gasteiger partial charge in [0.15, 0.2) is 0 Å². The maximum Gasteiger partial charge on any atom is 0.317 e. The fourth-order valence-electron chi connectivity index (χ4n) is 2.95. The predicted octanol–water partition coefficient (Wildman–Crippen LogP) is 0.978. The van der Waals surface area contributed by atoms with E-state index in [1.807, 2.05) is 0 Å². The van der Waals surface area contributed by atoms with Gasteiger partial charge in [0.2, 0.25) is 0 Å². The van der Waals surface area contributed by atoms with Gasteiger partial charge in [0, 0.05) is 19.6 Å². The van der Waals surface area contributed by atoms with Gasteiger partial charge in [-0.1, -0.05) is 0 Å². The Morgan fingerprint density at radius 3 is 2.35 bits per heavy atom. The molecule has 6 nitrogen and oxygen atoms in total. The van der Waals surface area contributed by atoms with Crippen molar-refractivity contribution in [1.29, 1.82) is 0 Å². The molecule has 2 rings (SSSR count). The maximum atomic E-state index is 11.9. The van der Waals surface area contributed by atoms with Gasteiger partial charge in [-0.15, -0.1) is 0 Å². The second kappa shape index (κ2) is 7.47. The molecule has 6 heteroatoms. The fraction of sp³-hybridized carbons (Fsp3) is 0.857. The molecule has 0 aromatic carbocycles. The minimum atomic E-state index is -0.740. The van der Waals surface area contributed by atoms with Crippen molar-refractivity contribution in [2.75, 3.05) is 39.3 Å². The van der Waals surface area contributed by atoms with E-state index in [4.69, 9.17) is 5.11 Å². The molecule has 0 aromatic heterocycles. The summed E-state index contributed by atoms with van der Waals surface area (Å²) in [5, 5.41) is 11.8. The minimum Gasteiger partial charge on any atom is -0.481 e. The zero-order valence-electron chi connectivity index (χ0n) is 12.0. The van der Waals surface area contributed by atoms with Crippen LogP contribution >= 0.6 is 0 Å². The highest BCUT2D eigenvalue weighted by molar-refractivity contribution is 5.75. The molecule has 0 aromatic rings. The van der Waals surface area contributed by atoms with Gasteiger partial charge in [-0.2, -0.15) is 0 Å². The highest BCUT2D eigenvalue weighted by Crippen LogP contribution is 2.17. The van der Waals surface area contributed by atoms with Gasteiger partial charge < -0.3 is 20.2 Å². The molecule has 0 bridgehead atoms. The summed E-state index contributed by atoms with van der Waals surface area (Å²) in [5.41, 5.74) is 0. The van der Waals surface area contributed by atoms with Crippen LogP contribution in [-0.4, -0.2) is 66.2 Å². The van der Waals surface area contributed by atoms with Gasteiger partial charge in [-0.25, -0.2) is 4.79 Å². The van der Waals surface area contributed by atoms with Crippen LogP contribution < -0.4 is 5.32 Å². The first-order valence-corrected chi connectivity index (χ1v) is 7.65. The van der Waals surface area contributed by atoms with E-state index in [0.29, 0.717) is 32.5 Å². The molecule has 2 aliphatic heterocycles. The molecule has 2 N–H and O–H groups in total. The van der Waals surface area contributed by atoms with Crippen LogP contribution in [0.1, 0.15) is 32.1 Å². The van der Waals surface area contributed by atoms with E-state index in [0.717, 1.165) is 13.0 Å². The van der Waals surface area contributed by atoms with Crippen molar-refractivity contribution >= 4 is 12.0 Å². The van der Waals surface area contributed by atoms with E-state index < -0.39 is 5.97 Å². The van der Waals surface area contributed by atoms with Crippen molar-refractivity contribution in [3.05, 3.63) is 0 Å². The van der Waals surface area contributed by atoms with Crippen LogP contribution in [0.3, 0.4) is 0 Å². The van der Waals surface area contributed by atoms with Crippen molar-refractivity contribution in [1.82, 2.24) is 15.1 Å². The highest BCUT2D eigenvalue weighted by Gasteiger charge is 2.26. The lowest BCUT2D eigenvalue weighted by Gasteiger charge is -2.30. The van der Waals surface area contributed by atoms with Crippen molar-refractivity contribution in [2.45, 2.75) is 32.1 Å². The number of nitrogens with one attached hydrogen (secondary N) is 1. The first kappa shape index (κ1) is 15.1. The van der Waals surface area contributed by atoms with Crippen LogP contribution in [0.4, 0.5) is 4.79 Å². The van der Waals surface area contributed by atoms with Gasteiger partial charge in [0.25, 0.3) is 0 Å². The number of carboxylic acids is 1. The summed E-state index contributed by atoms with van der Waals surface area (Å²) in [4.78, 5) is 26.9. The molecule has 2 amide bonds. The average molecular weight is 283 g/mol. The summed E-state index contributed by atoms with van der Waals surface area (Å²) < 4.78 is 0. The summed E-state index contributed by atoms with van der Waals surface area (Å²) in [6.45, 7) is 5.24. The lowest BCUT2D eigenvalue weighted by molar-refractivity contribution is -0.143. The van der Waals surface area contributed by atoms with Crippen LogP contribution in [-0.2, 0) is 4.79 Å². The van der Waals surface area contributed by atoms with Gasteiger partial charge in [0.1, 0.15) is 0 Å². The van der Waals surface area contributed by atoms with Crippen LogP contribution in [0.5, 0.6) is 0 Å². The molecule has 20 heavy (non-hydrogen) atoms. The van der Waals surface area contributed by atoms with Crippen LogP contribution in [0.25, 0.3) is 0 Å². The Kier molecular flexibility index (Phi) is 5.64. The average Bonchev–Trinajstić information content (AvgIpc) is 2.96. The van der Waals surface area contributed by atoms with Crippen molar-refractivity contribution < 1.29 is 14.7 Å². The number of likely N-dealkylation sites (tertiary alicyclic amines) is 2. The topological polar surface area (TPSA) is 72.9 Å². The van der Waals surface area contributed by atoms with E-state index in [-0.39, 0.29) is 11.9 Å². The first-order valence-electron chi connectivity index (χ1n) is 7.65. The molecule has 114 valence electrons. The molecule has 0 spiro atoms. The monoisotopic (exact) mass is 283 g/mol. The highest BCUT2D eigenvalue weighted by atomic mass is 16.4. The molecule has 2 heterocycles. The number of carbonyl (C=O) groups excluding carboxylic acids is 1. The van der Waals surface area contributed by atoms with E-state index >= 15 is 0 Å². The number of carboxylic acid groups (broad SMARTS) is 1. The largest absolute Gasteiger partial charge is 0.481 e. The Hall–Kier alpha value is -1.30. The number of amides is 2. The van der Waals surface area contributed by atoms with E-state index in [9.17, 15) is 9.59 Å². The quantitative estimate of drug-likeness (QED) is 0.738. The number of piperidine rings is 1. The molecule has 2 fully saturated rings. The third-order valence-electron chi connectivity index (χ3n) is 4.26. The van der Waals surface area contributed by atoms with Crippen molar-refractivity contribution in [3.8, 4) is 0 Å². The zero-order chi connectivity index (χ0) is 14.4. The van der Waals surface area contributed by atoms with Crippen LogP contribution in [0.2, 0.25) is 0 Å². The standard InChI is InChI=1S/C14H25N3O3/c18-13(19)12-4-10-17(11-5-12)14(20)15-6-3-9-16-7-1-2-8-16/h12H,1-11H2,(H,15,20)(H,18,19).